The molecule has 0 radical (unpaired) electrons. The van der Waals surface area contributed by atoms with E-state index in [0.29, 0.717) is 0 Å². The maximum Gasteiger partial charge on any atom is 6.00 e. The largest absolute Gasteiger partial charge is 6.00 e. The molecule has 0 aliphatic rings. The van der Waals surface area contributed by atoms with Gasteiger partial charge in [0.2, 0.25) is 0 Å². The Morgan fingerprint density at radius 2 is 0.375 bits per heavy atom. The molecule has 0 rings (SSSR count). The smallest absolute Gasteiger partial charge is 1.00 e. The molecule has 0 amide bonds. The normalized spacial score (nSPS) is 0. The van der Waals surface area contributed by atoms with E-state index in [4.69, 9.17) is 0 Å². The second-order valence-corrected chi connectivity index (χ2v) is 0. The van der Waals surface area contributed by atoms with Crippen LogP contribution in [0.3, 0.4) is 0 Å². The van der Waals surface area contributed by atoms with Gasteiger partial charge in [0.1, 0.15) is 0 Å². The zero-order valence-electron chi connectivity index (χ0n) is 3.03. The van der Waals surface area contributed by atoms with Gasteiger partial charge in [0.05, 0.1) is 0 Å². The predicted octanol–water partition coefficient (Wildman–Crippen LogP) is -18.0. The summed E-state index contributed by atoms with van der Waals surface area (Å²) < 4.78 is 0. The van der Waals surface area contributed by atoms with E-state index in [1.165, 1.54) is 0 Å². The average molecular weight is 250 g/mol. The van der Waals surface area contributed by atoms with Gasteiger partial charge >= 0.3 is 21.1 Å². The molecule has 0 aromatic rings. The van der Waals surface area contributed by atoms with Crippen LogP contribution < -0.4 is 28.2 Å². The van der Waals surface area contributed by atoms with Gasteiger partial charge in [-0.25, -0.2) is 0 Å². The summed E-state index contributed by atoms with van der Waals surface area (Å²) in [5.74, 6) is 0. The fourth-order valence-electron chi connectivity index (χ4n) is 0. The number of halogens is 6. The van der Waals surface area contributed by atoms with Crippen molar-refractivity contribution in [3.8, 4) is 0 Å². The molecular weight excluding hydrogens is 250 g/mol. The van der Waals surface area contributed by atoms with Crippen LogP contribution in [-0.4, -0.2) is 0 Å². The topological polar surface area (TPSA) is 0 Å². The summed E-state index contributed by atoms with van der Waals surface area (Å²) in [6.45, 7) is 0. The minimum atomic E-state index is 0. The Balaban J connectivity index is 0. The summed E-state index contributed by atoms with van der Waals surface area (Å²) in [5, 5.41) is 0. The third kappa shape index (κ3) is 137. The van der Waals surface area contributed by atoms with Crippen LogP contribution in [0.25, 0.3) is 0 Å². The maximum absolute atomic E-state index is 0. The third-order valence-electron chi connectivity index (χ3n) is 0. The van der Waals surface area contributed by atoms with E-state index in [1.807, 2.05) is 0 Å². The first-order valence-electron chi connectivity index (χ1n) is 0. The Hall–Kier alpha value is 1.53. The summed E-state index contributed by atoms with van der Waals surface area (Å²) in [4.78, 5) is 0. The first-order chi connectivity index (χ1) is 0. The van der Waals surface area contributed by atoms with Gasteiger partial charge in [-0.05, 0) is 0 Å². The Labute approximate surface area is 86.2 Å². The van der Waals surface area contributed by atoms with E-state index in [0.717, 1.165) is 0 Å². The molecule has 56 valence electrons. The molecule has 0 saturated carbocycles. The van der Waals surface area contributed by atoms with E-state index in [1.54, 1.807) is 0 Å². The fraction of sp³-hybridized carbons (Fsp3) is 0. The van der Waals surface area contributed by atoms with Crippen LogP contribution >= 0.6 is 0 Å². The molecule has 8 heavy (non-hydrogen) atoms. The Kier molecular flexibility index (Phi) is 7680. The molecule has 0 unspecified atom stereocenters. The average Bonchev–Trinajstić information content (AvgIpc) is 0. The van der Waals surface area contributed by atoms with Crippen LogP contribution in [-0.2, 0) is 21.1 Å². The molecule has 0 spiro atoms. The van der Waals surface area contributed by atoms with Crippen molar-refractivity contribution in [3.63, 3.8) is 0 Å². The van der Waals surface area contributed by atoms with E-state index in [-0.39, 0.29) is 87.0 Å². The van der Waals surface area contributed by atoms with E-state index in [9.17, 15) is 0 Å². The van der Waals surface area contributed by atoms with Gasteiger partial charge in [0, 0.05) is 37.7 Å². The van der Waals surface area contributed by atoms with Crippen LogP contribution in [0.2, 0.25) is 0 Å². The van der Waals surface area contributed by atoms with Crippen molar-refractivity contribution in [2.75, 3.05) is 0 Å². The first-order valence-corrected chi connectivity index (χ1v) is 0. The third-order valence-corrected chi connectivity index (χ3v) is 0. The van der Waals surface area contributed by atoms with Crippen molar-refractivity contribution in [3.05, 3.63) is 0 Å². The van der Waals surface area contributed by atoms with Crippen molar-refractivity contribution in [1.29, 1.82) is 0 Å². The molecular formula is ArF6Mo. The molecule has 0 saturated heterocycles. The number of rotatable bonds is 0. The second kappa shape index (κ2) is 207. The zero-order chi connectivity index (χ0) is 0. The van der Waals surface area contributed by atoms with E-state index < -0.39 is 0 Å². The summed E-state index contributed by atoms with van der Waals surface area (Å²) in [5.41, 5.74) is 0. The monoisotopic (exact) mass is 252 g/mol. The molecule has 0 aliphatic heterocycles. The van der Waals surface area contributed by atoms with Gasteiger partial charge in [0.25, 0.3) is 0 Å². The second-order valence-electron chi connectivity index (χ2n) is 0. The van der Waals surface area contributed by atoms with Crippen molar-refractivity contribution in [2.24, 2.45) is 0 Å². The van der Waals surface area contributed by atoms with Crippen molar-refractivity contribution in [2.45, 2.75) is 0 Å². The van der Waals surface area contributed by atoms with Crippen molar-refractivity contribution < 1.29 is 87.0 Å². The Morgan fingerprint density at radius 1 is 0.375 bits per heavy atom. The van der Waals surface area contributed by atoms with E-state index >= 15 is 0 Å². The summed E-state index contributed by atoms with van der Waals surface area (Å²) in [6.07, 6.45) is 0. The molecule has 8 heteroatoms. The van der Waals surface area contributed by atoms with Gasteiger partial charge in [-0.3, -0.25) is 0 Å². The van der Waals surface area contributed by atoms with Crippen molar-refractivity contribution >= 4 is 0 Å². The van der Waals surface area contributed by atoms with Crippen molar-refractivity contribution in [1.82, 2.24) is 0 Å². The molecule has 0 atom stereocenters. The maximum atomic E-state index is 0. The van der Waals surface area contributed by atoms with E-state index in [2.05, 4.69) is 0 Å². The van der Waals surface area contributed by atoms with Crippen LogP contribution in [0.15, 0.2) is 0 Å². The van der Waals surface area contributed by atoms with Gasteiger partial charge in [-0.1, -0.05) is 0 Å². The predicted molar refractivity (Wildman–Crippen MR) is 0 cm³/mol. The quantitative estimate of drug-likeness (QED) is 0.296. The molecule has 0 aliphatic carbocycles. The fourth-order valence-corrected chi connectivity index (χ4v) is 0. The SMILES string of the molecule is [Ar].[F-].[F-].[F-].[F-].[F-].[F-].[Mo+6]. The zero-order valence-corrected chi connectivity index (χ0v) is 5.74. The number of hydrogen-bond donors (Lipinski definition) is 0. The minimum absolute atomic E-state index is 0. The molecule has 0 nitrogen and oxygen atoms in total. The summed E-state index contributed by atoms with van der Waals surface area (Å²) in [6, 6.07) is 0. The standard InChI is InChI=1S/Ar.6FH.Mo/h;6*1H;/q;;;;;;;+6/p-6. The molecule has 0 heterocycles. The van der Waals surface area contributed by atoms with Crippen LogP contribution in [0, 0.1) is 37.7 Å². The summed E-state index contributed by atoms with van der Waals surface area (Å²) in [7, 11) is 0. The van der Waals surface area contributed by atoms with Crippen LogP contribution in [0.1, 0.15) is 0 Å². The summed E-state index contributed by atoms with van der Waals surface area (Å²) >= 11 is 0. The van der Waals surface area contributed by atoms with Crippen LogP contribution in [0.4, 0.5) is 0 Å². The van der Waals surface area contributed by atoms with Crippen LogP contribution in [0.5, 0.6) is 0 Å². The van der Waals surface area contributed by atoms with Gasteiger partial charge in [-0.15, -0.1) is 0 Å². The molecule has 0 aromatic heterocycles. The Morgan fingerprint density at radius 3 is 0.375 bits per heavy atom. The molecule has 0 N–H and O–H groups in total. The Bertz CT molecular complexity index is 8.49. The van der Waals surface area contributed by atoms with Gasteiger partial charge in [-0.2, -0.15) is 0 Å². The molecule has 0 bridgehead atoms. The first kappa shape index (κ1) is 297. The minimum Gasteiger partial charge on any atom is -1.00 e. The number of hydrogen-bond acceptors (Lipinski definition) is 0. The molecule has 0 fully saturated rings. The van der Waals surface area contributed by atoms with Gasteiger partial charge < -0.3 is 28.2 Å². The molecule has 0 aromatic carbocycles. The van der Waals surface area contributed by atoms with Gasteiger partial charge in [0.15, 0.2) is 0 Å².